The fraction of sp³-hybridized carbons (Fsp3) is 0.364. The number of benzene rings is 2. The number of thiazole rings is 1. The van der Waals surface area contributed by atoms with E-state index in [0.717, 1.165) is 39.9 Å². The highest BCUT2D eigenvalue weighted by atomic mass is 35.5. The van der Waals surface area contributed by atoms with Crippen LogP contribution in [-0.2, 0) is 0 Å². The Balaban J connectivity index is 1.43. The number of carbonyl (C=O) groups is 1. The molecule has 6 nitrogen and oxygen atoms in total. The summed E-state index contributed by atoms with van der Waals surface area (Å²) < 4.78 is 12.0. The lowest BCUT2D eigenvalue weighted by Crippen LogP contribution is -2.48. The second-order valence-electron chi connectivity index (χ2n) is 7.39. The van der Waals surface area contributed by atoms with Gasteiger partial charge in [0.1, 0.15) is 17.0 Å². The molecular formula is C22H24ClN3O3S. The lowest BCUT2D eigenvalue weighted by Gasteiger charge is -2.34. The molecule has 30 heavy (non-hydrogen) atoms. The maximum absolute atomic E-state index is 12.9. The lowest BCUT2D eigenvalue weighted by atomic mass is 10.1. The van der Waals surface area contributed by atoms with E-state index in [9.17, 15) is 4.79 Å². The third-order valence-corrected chi connectivity index (χ3v) is 6.55. The summed E-state index contributed by atoms with van der Waals surface area (Å²) in [5.74, 6) is 1.53. The first-order valence-electron chi connectivity index (χ1n) is 9.90. The molecule has 0 atom stereocenters. The van der Waals surface area contributed by atoms with Crippen LogP contribution in [-0.4, -0.2) is 55.2 Å². The average Bonchev–Trinajstić information content (AvgIpc) is 3.20. The molecule has 0 bridgehead atoms. The van der Waals surface area contributed by atoms with E-state index in [2.05, 4.69) is 4.90 Å². The molecule has 1 saturated heterocycles. The second-order valence-corrected chi connectivity index (χ2v) is 8.78. The molecule has 2 aromatic carbocycles. The van der Waals surface area contributed by atoms with Crippen molar-refractivity contribution < 1.29 is 14.3 Å². The number of methoxy groups -OCH3 is 1. The SMILES string of the molecule is COc1ccc(Cl)c2sc(N3CCN(C(=O)c4ccc(OC(C)C)cc4)CC3)nc12. The van der Waals surface area contributed by atoms with Gasteiger partial charge in [-0.1, -0.05) is 22.9 Å². The van der Waals surface area contributed by atoms with Crippen molar-refractivity contribution in [3.63, 3.8) is 0 Å². The molecule has 1 amide bonds. The molecule has 1 aliphatic heterocycles. The number of amides is 1. The Morgan fingerprint density at radius 2 is 1.80 bits per heavy atom. The van der Waals surface area contributed by atoms with Crippen LogP contribution in [0.4, 0.5) is 5.13 Å². The van der Waals surface area contributed by atoms with Gasteiger partial charge in [0.2, 0.25) is 0 Å². The van der Waals surface area contributed by atoms with Crippen molar-refractivity contribution in [1.82, 2.24) is 9.88 Å². The predicted octanol–water partition coefficient (Wildman–Crippen LogP) is 4.71. The molecule has 1 fully saturated rings. The lowest BCUT2D eigenvalue weighted by molar-refractivity contribution is 0.0746. The Morgan fingerprint density at radius 3 is 2.43 bits per heavy atom. The van der Waals surface area contributed by atoms with Gasteiger partial charge < -0.3 is 19.3 Å². The molecule has 0 aliphatic carbocycles. The molecule has 0 saturated carbocycles. The number of aromatic nitrogens is 1. The van der Waals surface area contributed by atoms with E-state index in [1.54, 1.807) is 18.4 Å². The molecule has 2 heterocycles. The van der Waals surface area contributed by atoms with E-state index in [1.807, 2.05) is 55.1 Å². The van der Waals surface area contributed by atoms with Crippen LogP contribution in [0.15, 0.2) is 36.4 Å². The van der Waals surface area contributed by atoms with E-state index in [4.69, 9.17) is 26.1 Å². The van der Waals surface area contributed by atoms with Gasteiger partial charge in [-0.15, -0.1) is 0 Å². The summed E-state index contributed by atoms with van der Waals surface area (Å²) in [5.41, 5.74) is 1.46. The van der Waals surface area contributed by atoms with Crippen molar-refractivity contribution in [3.05, 3.63) is 47.0 Å². The Kier molecular flexibility index (Phi) is 6.01. The van der Waals surface area contributed by atoms with Crippen molar-refractivity contribution in [2.24, 2.45) is 0 Å². The molecule has 0 spiro atoms. The van der Waals surface area contributed by atoms with Gasteiger partial charge in [-0.25, -0.2) is 4.98 Å². The Labute approximate surface area is 185 Å². The number of halogens is 1. The highest BCUT2D eigenvalue weighted by Crippen LogP contribution is 2.38. The van der Waals surface area contributed by atoms with Crippen LogP contribution in [0.2, 0.25) is 5.02 Å². The van der Waals surface area contributed by atoms with Gasteiger partial charge in [0.15, 0.2) is 5.13 Å². The highest BCUT2D eigenvalue weighted by molar-refractivity contribution is 7.22. The third kappa shape index (κ3) is 4.18. The first-order chi connectivity index (χ1) is 14.5. The minimum atomic E-state index is 0.0414. The van der Waals surface area contributed by atoms with E-state index in [1.165, 1.54) is 0 Å². The van der Waals surface area contributed by atoms with Crippen molar-refractivity contribution in [3.8, 4) is 11.5 Å². The fourth-order valence-corrected chi connectivity index (χ4v) is 4.78. The summed E-state index contributed by atoms with van der Waals surface area (Å²) in [6.07, 6.45) is 0.108. The van der Waals surface area contributed by atoms with Gasteiger partial charge in [0.25, 0.3) is 5.91 Å². The van der Waals surface area contributed by atoms with Crippen molar-refractivity contribution in [2.75, 3.05) is 38.2 Å². The molecule has 1 aromatic heterocycles. The summed E-state index contributed by atoms with van der Waals surface area (Å²) >= 11 is 7.90. The molecular weight excluding hydrogens is 422 g/mol. The summed E-state index contributed by atoms with van der Waals surface area (Å²) in [6.45, 7) is 6.69. The zero-order valence-corrected chi connectivity index (χ0v) is 18.8. The molecule has 3 aromatic rings. The predicted molar refractivity (Wildman–Crippen MR) is 122 cm³/mol. The van der Waals surface area contributed by atoms with Gasteiger partial charge in [-0.2, -0.15) is 0 Å². The van der Waals surface area contributed by atoms with Crippen molar-refractivity contribution in [1.29, 1.82) is 0 Å². The van der Waals surface area contributed by atoms with Gasteiger partial charge in [0.05, 0.1) is 22.9 Å². The standard InChI is InChI=1S/C22H24ClN3O3S/c1-14(2)29-16-6-4-15(5-7-16)21(27)25-10-12-26(13-11-25)22-24-19-18(28-3)9-8-17(23)20(19)30-22/h4-9,14H,10-13H2,1-3H3. The number of piperazine rings is 1. The quantitative estimate of drug-likeness (QED) is 0.569. The number of fused-ring (bicyclic) bond motifs is 1. The summed E-state index contributed by atoms with van der Waals surface area (Å²) in [4.78, 5) is 21.7. The molecule has 8 heteroatoms. The van der Waals surface area contributed by atoms with Gasteiger partial charge in [0, 0.05) is 31.7 Å². The molecule has 1 aliphatic rings. The minimum Gasteiger partial charge on any atom is -0.494 e. The normalized spacial score (nSPS) is 14.4. The largest absolute Gasteiger partial charge is 0.494 e. The zero-order valence-electron chi connectivity index (χ0n) is 17.2. The second kappa shape index (κ2) is 8.70. The van der Waals surface area contributed by atoms with E-state index >= 15 is 0 Å². The van der Waals surface area contributed by atoms with Gasteiger partial charge >= 0.3 is 0 Å². The summed E-state index contributed by atoms with van der Waals surface area (Å²) in [5, 5.41) is 1.58. The molecule has 158 valence electrons. The number of hydrogen-bond acceptors (Lipinski definition) is 6. The van der Waals surface area contributed by atoms with Gasteiger partial charge in [-0.05, 0) is 50.2 Å². The maximum atomic E-state index is 12.9. The van der Waals surface area contributed by atoms with Crippen LogP contribution >= 0.6 is 22.9 Å². The van der Waals surface area contributed by atoms with Crippen LogP contribution in [0.3, 0.4) is 0 Å². The van der Waals surface area contributed by atoms with E-state index in [-0.39, 0.29) is 12.0 Å². The summed E-state index contributed by atoms with van der Waals surface area (Å²) in [7, 11) is 1.63. The molecule has 0 N–H and O–H groups in total. The zero-order chi connectivity index (χ0) is 21.3. The number of carbonyl (C=O) groups excluding carboxylic acids is 1. The van der Waals surface area contributed by atoms with Crippen molar-refractivity contribution >= 4 is 44.2 Å². The Hall–Kier alpha value is -2.51. The topological polar surface area (TPSA) is 54.9 Å². The van der Waals surface area contributed by atoms with Crippen molar-refractivity contribution in [2.45, 2.75) is 20.0 Å². The van der Waals surface area contributed by atoms with Crippen LogP contribution < -0.4 is 14.4 Å². The number of hydrogen-bond donors (Lipinski definition) is 0. The van der Waals surface area contributed by atoms with Crippen LogP contribution in [0.1, 0.15) is 24.2 Å². The Morgan fingerprint density at radius 1 is 1.10 bits per heavy atom. The monoisotopic (exact) mass is 445 g/mol. The highest BCUT2D eigenvalue weighted by Gasteiger charge is 2.25. The molecule has 4 rings (SSSR count). The van der Waals surface area contributed by atoms with Crippen LogP contribution in [0.25, 0.3) is 10.2 Å². The number of ether oxygens (including phenoxy) is 2. The molecule has 0 unspecified atom stereocenters. The number of nitrogens with zero attached hydrogens (tertiary/aromatic N) is 3. The number of anilines is 1. The first-order valence-corrected chi connectivity index (χ1v) is 11.1. The maximum Gasteiger partial charge on any atom is 0.253 e. The van der Waals surface area contributed by atoms with E-state index < -0.39 is 0 Å². The minimum absolute atomic E-state index is 0.0414. The molecule has 0 radical (unpaired) electrons. The number of rotatable bonds is 5. The van der Waals surface area contributed by atoms with Gasteiger partial charge in [-0.3, -0.25) is 4.79 Å². The smallest absolute Gasteiger partial charge is 0.253 e. The fourth-order valence-electron chi connectivity index (χ4n) is 3.47. The van der Waals surface area contributed by atoms with E-state index in [0.29, 0.717) is 23.7 Å². The average molecular weight is 446 g/mol. The van der Waals surface area contributed by atoms with Crippen LogP contribution in [0, 0.1) is 0 Å². The van der Waals surface area contributed by atoms with Crippen LogP contribution in [0.5, 0.6) is 11.5 Å². The Bertz CT molecular complexity index is 1040. The summed E-state index contributed by atoms with van der Waals surface area (Å²) in [6, 6.07) is 11.0. The first kappa shape index (κ1) is 20.8. The third-order valence-electron chi connectivity index (χ3n) is 4.98.